The Labute approximate surface area is 139 Å². The van der Waals surface area contributed by atoms with Gasteiger partial charge in [0.2, 0.25) is 0 Å². The lowest BCUT2D eigenvalue weighted by Gasteiger charge is -2.39. The number of allylic oxidation sites excluding steroid dienone is 1. The molecule has 1 aliphatic carbocycles. The summed E-state index contributed by atoms with van der Waals surface area (Å²) >= 11 is 0. The molecule has 3 nitrogen and oxygen atoms in total. The van der Waals surface area contributed by atoms with Crippen molar-refractivity contribution >= 4 is 26.5 Å². The van der Waals surface area contributed by atoms with Gasteiger partial charge in [-0.2, -0.15) is 38.4 Å². The molecule has 1 heterocycles. The van der Waals surface area contributed by atoms with Gasteiger partial charge in [-0.15, -0.1) is 0 Å². The van der Waals surface area contributed by atoms with Crippen LogP contribution in [0.4, 0.5) is 30.7 Å². The van der Waals surface area contributed by atoms with Crippen molar-refractivity contribution in [1.82, 2.24) is 0 Å². The summed E-state index contributed by atoms with van der Waals surface area (Å²) in [4.78, 5) is -1.50. The molecule has 0 spiro atoms. The molecule has 1 fully saturated rings. The first-order valence-electron chi connectivity index (χ1n) is 6.73. The Kier molecular flexibility index (Phi) is 3.97. The van der Waals surface area contributed by atoms with Crippen LogP contribution in [0.2, 0.25) is 0 Å². The van der Waals surface area contributed by atoms with Gasteiger partial charge in [-0.05, 0) is 42.5 Å². The molecule has 3 rings (SSSR count). The fourth-order valence-corrected chi connectivity index (χ4v) is 7.31. The quantitative estimate of drug-likeness (QED) is 0.517. The Morgan fingerprint density at radius 1 is 1.08 bits per heavy atom. The highest BCUT2D eigenvalue weighted by molar-refractivity contribution is 8.37. The van der Waals surface area contributed by atoms with E-state index in [1.165, 1.54) is 0 Å². The van der Waals surface area contributed by atoms with E-state index < -0.39 is 53.0 Å². The van der Waals surface area contributed by atoms with Gasteiger partial charge in [-0.1, -0.05) is 6.07 Å². The second kappa shape index (κ2) is 5.36. The maximum Gasteiger partial charge on any atom is 0.523 e. The highest BCUT2D eigenvalue weighted by Crippen LogP contribution is 2.81. The van der Waals surface area contributed by atoms with Crippen molar-refractivity contribution < 1.29 is 42.8 Å². The highest BCUT2D eigenvalue weighted by Gasteiger charge is 2.65. The molecule has 0 amide bonds. The topological polar surface area (TPSA) is 43.4 Å². The summed E-state index contributed by atoms with van der Waals surface area (Å²) < 4.78 is 120. The zero-order chi connectivity index (χ0) is 18.8. The summed E-state index contributed by atoms with van der Waals surface area (Å²) in [5.41, 5.74) is -11.7. The van der Waals surface area contributed by atoms with Crippen LogP contribution >= 0.6 is 10.3 Å². The van der Waals surface area contributed by atoms with Crippen LogP contribution in [0.3, 0.4) is 0 Å². The number of alkyl halides is 6. The lowest BCUT2D eigenvalue weighted by Crippen LogP contribution is -2.32. The predicted molar refractivity (Wildman–Crippen MR) is 75.1 cm³/mol. The minimum Gasteiger partial charge on any atom is -0.207 e. The zero-order valence-corrected chi connectivity index (χ0v) is 13.6. The molecule has 1 atom stereocenters. The first-order chi connectivity index (χ1) is 11.3. The van der Waals surface area contributed by atoms with Crippen LogP contribution in [0.5, 0.6) is 0 Å². The molecule has 1 aliphatic heterocycles. The summed E-state index contributed by atoms with van der Waals surface area (Å²) in [5, 5.41) is 0. The number of rotatable bonds is 3. The van der Waals surface area contributed by atoms with Crippen LogP contribution in [0.25, 0.3) is 6.08 Å². The van der Waals surface area contributed by atoms with Gasteiger partial charge < -0.3 is 0 Å². The van der Waals surface area contributed by atoms with Crippen LogP contribution in [0.15, 0.2) is 28.0 Å². The van der Waals surface area contributed by atoms with Gasteiger partial charge in [0.15, 0.2) is 0 Å². The molecule has 1 saturated carbocycles. The van der Waals surface area contributed by atoms with Gasteiger partial charge in [0.1, 0.15) is 5.82 Å². The molecule has 0 aromatic heterocycles. The minimum absolute atomic E-state index is 0.201. The van der Waals surface area contributed by atoms with E-state index in [0.29, 0.717) is 6.07 Å². The van der Waals surface area contributed by atoms with Crippen molar-refractivity contribution in [2.75, 3.05) is 0 Å². The van der Waals surface area contributed by atoms with Crippen molar-refractivity contribution in [3.8, 4) is 0 Å². The summed E-state index contributed by atoms with van der Waals surface area (Å²) in [7, 11) is -11.6. The molecule has 140 valence electrons. The third-order valence-electron chi connectivity index (χ3n) is 3.70. The van der Waals surface area contributed by atoms with Crippen molar-refractivity contribution in [3.05, 3.63) is 34.5 Å². The molecule has 25 heavy (non-hydrogen) atoms. The third kappa shape index (κ3) is 2.83. The van der Waals surface area contributed by atoms with Crippen LogP contribution in [-0.4, -0.2) is 19.4 Å². The van der Waals surface area contributed by atoms with Crippen LogP contribution < -0.4 is 0 Å². The Bertz CT molecular complexity index is 853. The van der Waals surface area contributed by atoms with Gasteiger partial charge >= 0.3 is 21.1 Å². The molecule has 0 saturated heterocycles. The fourth-order valence-electron chi connectivity index (χ4n) is 2.51. The van der Waals surface area contributed by atoms with Crippen molar-refractivity contribution in [2.24, 2.45) is 5.92 Å². The smallest absolute Gasteiger partial charge is 0.207 e. The third-order valence-corrected chi connectivity index (χ3v) is 8.54. The predicted octanol–water partition coefficient (Wildman–Crippen LogP) is 5.05. The number of halogens is 7. The van der Waals surface area contributed by atoms with Gasteiger partial charge in [0.25, 0.3) is 0 Å². The van der Waals surface area contributed by atoms with E-state index >= 15 is 0 Å². The van der Waals surface area contributed by atoms with Crippen molar-refractivity contribution in [3.63, 3.8) is 0 Å². The standard InChI is InChI=1S/C13H9F7O3S2/c14-9-4-3-8-5-10(7-1-2-7)24(11(8)6-9,12(15,16)17)23-25(21,22)13(18,19)20/h3-7H,1-2H2. The molecule has 1 unspecified atom stereocenters. The zero-order valence-electron chi connectivity index (χ0n) is 12.0. The molecule has 0 bridgehead atoms. The Hall–Kier alpha value is -1.27. The van der Waals surface area contributed by atoms with E-state index in [2.05, 4.69) is 3.63 Å². The number of benzene rings is 1. The largest absolute Gasteiger partial charge is 0.523 e. The lowest BCUT2D eigenvalue weighted by molar-refractivity contribution is -0.0546. The molecule has 1 aromatic rings. The van der Waals surface area contributed by atoms with E-state index in [1.54, 1.807) is 0 Å². The summed E-state index contributed by atoms with van der Waals surface area (Å²) in [5.74, 6) is -1.89. The maximum atomic E-state index is 13.9. The number of hydrogen-bond acceptors (Lipinski definition) is 3. The average Bonchev–Trinajstić information content (AvgIpc) is 3.21. The maximum absolute atomic E-state index is 13.9. The van der Waals surface area contributed by atoms with Crippen LogP contribution in [-0.2, 0) is 13.7 Å². The summed E-state index contributed by atoms with van der Waals surface area (Å²) in [6, 6.07) is 2.18. The van der Waals surface area contributed by atoms with Gasteiger partial charge in [-0.3, -0.25) is 0 Å². The van der Waals surface area contributed by atoms with Gasteiger partial charge in [0.05, 0.1) is 0 Å². The van der Waals surface area contributed by atoms with Crippen molar-refractivity contribution in [1.29, 1.82) is 0 Å². The summed E-state index contributed by atoms with van der Waals surface area (Å²) in [6.45, 7) is 0. The molecule has 2 aliphatic rings. The lowest BCUT2D eigenvalue weighted by atomic mass is 10.2. The second-order valence-corrected chi connectivity index (χ2v) is 9.87. The molecular formula is C13H9F7O3S2. The molecule has 0 radical (unpaired) electrons. The molecule has 12 heteroatoms. The van der Waals surface area contributed by atoms with E-state index in [-0.39, 0.29) is 18.4 Å². The normalized spacial score (nSPS) is 26.8. The van der Waals surface area contributed by atoms with E-state index in [9.17, 15) is 39.2 Å². The highest BCUT2D eigenvalue weighted by atomic mass is 32.3. The number of hydrogen-bond donors (Lipinski definition) is 0. The van der Waals surface area contributed by atoms with E-state index in [1.807, 2.05) is 0 Å². The van der Waals surface area contributed by atoms with E-state index in [0.717, 1.165) is 18.2 Å². The van der Waals surface area contributed by atoms with Crippen LogP contribution in [0.1, 0.15) is 18.4 Å². The fraction of sp³-hybridized carbons (Fsp3) is 0.385. The molecule has 1 aromatic carbocycles. The first-order valence-corrected chi connectivity index (χ1v) is 9.69. The average molecular weight is 410 g/mol. The first kappa shape index (κ1) is 18.5. The van der Waals surface area contributed by atoms with Gasteiger partial charge in [-0.25, -0.2) is 4.39 Å². The molecular weight excluding hydrogens is 401 g/mol. The SMILES string of the molecule is O=S(=O)(OS1(C(F)(F)F)C(C2CC2)=Cc2ccc(F)cc21)C(F)(F)F. The van der Waals surface area contributed by atoms with Crippen LogP contribution in [0, 0.1) is 11.7 Å². The summed E-state index contributed by atoms with van der Waals surface area (Å²) in [6.07, 6.45) is 1.46. The second-order valence-electron chi connectivity index (χ2n) is 5.47. The Morgan fingerprint density at radius 2 is 1.68 bits per heavy atom. The Balaban J connectivity index is 2.28. The van der Waals surface area contributed by atoms with E-state index in [4.69, 9.17) is 0 Å². The van der Waals surface area contributed by atoms with Crippen molar-refractivity contribution in [2.45, 2.75) is 28.8 Å². The Morgan fingerprint density at radius 3 is 2.16 bits per heavy atom. The minimum atomic E-state index is -6.56. The molecule has 0 N–H and O–H groups in total. The monoisotopic (exact) mass is 410 g/mol. The number of fused-ring (bicyclic) bond motifs is 1. The van der Waals surface area contributed by atoms with Gasteiger partial charge in [0, 0.05) is 20.1 Å².